The molecule has 1 aliphatic heterocycles. The third-order valence-corrected chi connectivity index (χ3v) is 9.62. The number of hydrogen-bond donors (Lipinski definition) is 1. The maximum Gasteiger partial charge on any atom is 0.335 e. The molecule has 3 atom stereocenters. The van der Waals surface area contributed by atoms with Crippen LogP contribution in [0.2, 0.25) is 18.1 Å². The minimum absolute atomic E-state index is 0.0580. The van der Waals surface area contributed by atoms with Crippen molar-refractivity contribution in [2.75, 3.05) is 0 Å². The number of carbonyl (C=O) groups excluding carboxylic acids is 1. The Morgan fingerprint density at radius 3 is 2.32 bits per heavy atom. The largest absolute Gasteiger partial charge is 0.458 e. The van der Waals surface area contributed by atoms with Gasteiger partial charge in [-0.3, -0.25) is 14.3 Å². The molecule has 8 nitrogen and oxygen atoms in total. The molecule has 0 unspecified atom stereocenters. The number of nitrogens with one attached hydrogen (secondary N) is 1. The Kier molecular flexibility index (Phi) is 6.13. The van der Waals surface area contributed by atoms with Crippen LogP contribution >= 0.6 is 0 Å². The number of esters is 1. The van der Waals surface area contributed by atoms with Gasteiger partial charge in [-0.05, 0) is 38.9 Å². The number of carbonyl (C=O) groups is 1. The molecule has 0 amide bonds. The summed E-state index contributed by atoms with van der Waals surface area (Å²) >= 11 is 0. The lowest BCUT2D eigenvalue weighted by Crippen LogP contribution is -2.46. The standard InChI is InChI=1S/C19H32N2O6Si/c1-18(2,3)26-16(23)13-11-12(27-28(7,8)19(4,5)6)15(25-13)21-10-9-14(22)20-17(21)24/h9-10,12-13,15H,11H2,1-8H3,(H,20,22,24)/t12-,13-,15-/m1/s1. The van der Waals surface area contributed by atoms with E-state index in [9.17, 15) is 14.4 Å². The van der Waals surface area contributed by atoms with Crippen LogP contribution in [-0.4, -0.2) is 41.6 Å². The zero-order valence-electron chi connectivity index (χ0n) is 18.0. The van der Waals surface area contributed by atoms with Gasteiger partial charge in [0, 0.05) is 18.7 Å². The summed E-state index contributed by atoms with van der Waals surface area (Å²) in [6.07, 6.45) is -0.543. The van der Waals surface area contributed by atoms with Gasteiger partial charge >= 0.3 is 11.7 Å². The molecule has 0 spiro atoms. The molecular weight excluding hydrogens is 380 g/mol. The van der Waals surface area contributed by atoms with Gasteiger partial charge in [-0.2, -0.15) is 0 Å². The number of aromatic amines is 1. The first-order valence-corrected chi connectivity index (χ1v) is 12.4. The van der Waals surface area contributed by atoms with Gasteiger partial charge in [0.2, 0.25) is 0 Å². The normalized spacial score (nSPS) is 23.6. The predicted octanol–water partition coefficient (Wildman–Crippen LogP) is 2.56. The average Bonchev–Trinajstić information content (AvgIpc) is 2.87. The maximum atomic E-state index is 12.5. The summed E-state index contributed by atoms with van der Waals surface area (Å²) in [6, 6.07) is 1.24. The number of nitrogens with zero attached hydrogens (tertiary/aromatic N) is 1. The number of rotatable bonds is 4. The highest BCUT2D eigenvalue weighted by atomic mass is 28.4. The van der Waals surface area contributed by atoms with Crippen molar-refractivity contribution in [3.8, 4) is 0 Å². The number of hydrogen-bond acceptors (Lipinski definition) is 6. The second kappa shape index (κ2) is 7.60. The first-order chi connectivity index (χ1) is 12.6. The van der Waals surface area contributed by atoms with Crippen LogP contribution < -0.4 is 11.2 Å². The molecule has 0 aliphatic carbocycles. The molecule has 1 fully saturated rings. The zero-order valence-corrected chi connectivity index (χ0v) is 19.0. The van der Waals surface area contributed by atoms with Gasteiger partial charge in [-0.25, -0.2) is 9.59 Å². The van der Waals surface area contributed by atoms with E-state index in [1.807, 2.05) is 0 Å². The van der Waals surface area contributed by atoms with Crippen molar-refractivity contribution in [2.24, 2.45) is 0 Å². The highest BCUT2D eigenvalue weighted by Crippen LogP contribution is 2.41. The van der Waals surface area contributed by atoms with Gasteiger partial charge < -0.3 is 13.9 Å². The van der Waals surface area contributed by atoms with Gasteiger partial charge in [-0.1, -0.05) is 20.8 Å². The van der Waals surface area contributed by atoms with E-state index in [-0.39, 0.29) is 11.5 Å². The molecule has 2 heterocycles. The summed E-state index contributed by atoms with van der Waals surface area (Å²) in [5, 5.41) is -0.0580. The lowest BCUT2D eigenvalue weighted by Gasteiger charge is -2.39. The molecule has 0 bridgehead atoms. The predicted molar refractivity (Wildman–Crippen MR) is 108 cm³/mol. The van der Waals surface area contributed by atoms with Crippen LogP contribution in [0.3, 0.4) is 0 Å². The molecule has 0 aromatic carbocycles. The van der Waals surface area contributed by atoms with Gasteiger partial charge in [-0.15, -0.1) is 0 Å². The van der Waals surface area contributed by atoms with E-state index in [1.54, 1.807) is 20.8 Å². The van der Waals surface area contributed by atoms with E-state index in [1.165, 1.54) is 16.8 Å². The highest BCUT2D eigenvalue weighted by molar-refractivity contribution is 6.74. The van der Waals surface area contributed by atoms with Crippen LogP contribution in [0.15, 0.2) is 21.9 Å². The minimum Gasteiger partial charge on any atom is -0.458 e. The van der Waals surface area contributed by atoms with Crippen molar-refractivity contribution < 1.29 is 18.7 Å². The molecule has 1 N–H and O–H groups in total. The summed E-state index contributed by atoms with van der Waals surface area (Å²) < 4.78 is 19.1. The fourth-order valence-electron chi connectivity index (χ4n) is 2.69. The molecule has 158 valence electrons. The van der Waals surface area contributed by atoms with Crippen LogP contribution in [0.25, 0.3) is 0 Å². The van der Waals surface area contributed by atoms with Crippen LogP contribution in [0.5, 0.6) is 0 Å². The Hall–Kier alpha value is -1.71. The van der Waals surface area contributed by atoms with Crippen molar-refractivity contribution in [3.63, 3.8) is 0 Å². The maximum absolute atomic E-state index is 12.5. The van der Waals surface area contributed by atoms with E-state index in [4.69, 9.17) is 13.9 Å². The first-order valence-electron chi connectivity index (χ1n) is 9.48. The number of ether oxygens (including phenoxy) is 2. The Balaban J connectivity index is 2.36. The van der Waals surface area contributed by atoms with Crippen molar-refractivity contribution >= 4 is 14.3 Å². The molecule has 1 aromatic rings. The fourth-order valence-corrected chi connectivity index (χ4v) is 4.02. The molecule has 0 saturated carbocycles. The molecule has 1 saturated heterocycles. The van der Waals surface area contributed by atoms with Gasteiger partial charge in [0.1, 0.15) is 5.60 Å². The highest BCUT2D eigenvalue weighted by Gasteiger charge is 2.48. The van der Waals surface area contributed by atoms with E-state index < -0.39 is 49.6 Å². The van der Waals surface area contributed by atoms with Crippen molar-refractivity contribution in [3.05, 3.63) is 33.1 Å². The molecule has 1 aromatic heterocycles. The number of H-pyrrole nitrogens is 1. The summed E-state index contributed by atoms with van der Waals surface area (Å²) in [6.45, 7) is 15.9. The Morgan fingerprint density at radius 1 is 1.21 bits per heavy atom. The summed E-state index contributed by atoms with van der Waals surface area (Å²) in [7, 11) is -2.20. The van der Waals surface area contributed by atoms with Crippen LogP contribution in [0, 0.1) is 0 Å². The van der Waals surface area contributed by atoms with Crippen LogP contribution in [0.1, 0.15) is 54.2 Å². The Labute approximate surface area is 166 Å². The summed E-state index contributed by atoms with van der Waals surface area (Å²) in [5.41, 5.74) is -1.75. The fraction of sp³-hybridized carbons (Fsp3) is 0.737. The van der Waals surface area contributed by atoms with E-state index in [0.717, 1.165) is 0 Å². The third kappa shape index (κ3) is 5.21. The number of aromatic nitrogens is 2. The van der Waals surface area contributed by atoms with Gasteiger partial charge in [0.25, 0.3) is 5.56 Å². The molecule has 9 heteroatoms. The van der Waals surface area contributed by atoms with E-state index in [0.29, 0.717) is 0 Å². The van der Waals surface area contributed by atoms with Crippen molar-refractivity contribution in [1.29, 1.82) is 0 Å². The molecule has 1 aliphatic rings. The molecule has 0 radical (unpaired) electrons. The topological polar surface area (TPSA) is 99.6 Å². The molecule has 2 rings (SSSR count). The minimum atomic E-state index is -2.20. The van der Waals surface area contributed by atoms with Crippen LogP contribution in [-0.2, 0) is 18.7 Å². The summed E-state index contributed by atoms with van der Waals surface area (Å²) in [5.74, 6) is -0.490. The Bertz CT molecular complexity index is 830. The Morgan fingerprint density at radius 2 is 1.82 bits per heavy atom. The summed E-state index contributed by atoms with van der Waals surface area (Å²) in [4.78, 5) is 38.5. The molecule has 28 heavy (non-hydrogen) atoms. The van der Waals surface area contributed by atoms with E-state index in [2.05, 4.69) is 38.8 Å². The zero-order chi connectivity index (χ0) is 21.5. The van der Waals surface area contributed by atoms with Crippen molar-refractivity contribution in [2.45, 2.75) is 90.1 Å². The SMILES string of the molecule is CC(C)(C)OC(=O)[C@H]1C[C@@H](O[Si](C)(C)C(C)(C)C)[C@H](n2ccc(=O)[nH]c2=O)O1. The third-order valence-electron chi connectivity index (χ3n) is 5.12. The van der Waals surface area contributed by atoms with E-state index >= 15 is 0 Å². The lowest BCUT2D eigenvalue weighted by atomic mass is 10.1. The average molecular weight is 413 g/mol. The molecular formula is C19H32N2O6Si. The van der Waals surface area contributed by atoms with Crippen molar-refractivity contribution in [1.82, 2.24) is 9.55 Å². The monoisotopic (exact) mass is 412 g/mol. The van der Waals surface area contributed by atoms with Crippen LogP contribution in [0.4, 0.5) is 0 Å². The second-order valence-electron chi connectivity index (χ2n) is 9.72. The second-order valence-corrected chi connectivity index (χ2v) is 14.5. The lowest BCUT2D eigenvalue weighted by molar-refractivity contribution is -0.170. The van der Waals surface area contributed by atoms with Gasteiger partial charge in [0.15, 0.2) is 20.6 Å². The quantitative estimate of drug-likeness (QED) is 0.603. The first kappa shape index (κ1) is 22.6. The van der Waals surface area contributed by atoms with Gasteiger partial charge in [0.05, 0.1) is 6.10 Å². The smallest absolute Gasteiger partial charge is 0.335 e.